The van der Waals surface area contributed by atoms with E-state index in [1.807, 2.05) is 0 Å². The fourth-order valence-corrected chi connectivity index (χ4v) is 1.17. The summed E-state index contributed by atoms with van der Waals surface area (Å²) >= 11 is 0. The normalized spacial score (nSPS) is 11.9. The van der Waals surface area contributed by atoms with Gasteiger partial charge in [-0.3, -0.25) is 14.9 Å². The Kier molecular flexibility index (Phi) is 3.96. The molecule has 0 bridgehead atoms. The number of carbonyl (C=O) groups excluding carboxylic acids is 1. The molecular weight excluding hydrogens is 212 g/mol. The summed E-state index contributed by atoms with van der Waals surface area (Å²) in [7, 11) is 0. The zero-order chi connectivity index (χ0) is 12.1. The summed E-state index contributed by atoms with van der Waals surface area (Å²) in [5.74, 6) is -0.430. The van der Waals surface area contributed by atoms with Crippen molar-refractivity contribution in [1.82, 2.24) is 0 Å². The van der Waals surface area contributed by atoms with E-state index in [1.165, 1.54) is 19.1 Å². The van der Waals surface area contributed by atoms with E-state index in [2.05, 4.69) is 0 Å². The first-order chi connectivity index (χ1) is 7.50. The molecule has 1 atom stereocenters. The van der Waals surface area contributed by atoms with Crippen molar-refractivity contribution >= 4 is 11.7 Å². The quantitative estimate of drug-likeness (QED) is 0.470. The largest absolute Gasteiger partial charge is 0.464 e. The molecule has 1 aromatic carbocycles. The van der Waals surface area contributed by atoms with Crippen LogP contribution < -0.4 is 5.73 Å². The monoisotopic (exact) mass is 224 g/mol. The number of nitro groups is 1. The van der Waals surface area contributed by atoms with Gasteiger partial charge >= 0.3 is 5.97 Å². The van der Waals surface area contributed by atoms with Crippen molar-refractivity contribution in [3.8, 4) is 0 Å². The zero-order valence-corrected chi connectivity index (χ0v) is 8.75. The molecule has 0 saturated heterocycles. The third kappa shape index (κ3) is 3.32. The molecule has 1 unspecified atom stereocenters. The standard InChI is InChI=1S/C10H12N2O4/c1-7(13)16-6-10(11)8-3-2-4-9(5-8)12(14)15/h2-5,10H,6,11H2,1H3. The molecule has 6 heteroatoms. The van der Waals surface area contributed by atoms with Crippen LogP contribution in [0.4, 0.5) is 5.69 Å². The first kappa shape index (κ1) is 12.1. The van der Waals surface area contributed by atoms with Crippen molar-refractivity contribution in [3.05, 3.63) is 39.9 Å². The minimum absolute atomic E-state index is 0.0104. The van der Waals surface area contributed by atoms with Crippen LogP contribution in [0, 0.1) is 10.1 Å². The molecule has 0 radical (unpaired) electrons. The summed E-state index contributed by atoms with van der Waals surface area (Å²) in [6, 6.07) is 5.39. The molecule has 0 aliphatic carbocycles. The summed E-state index contributed by atoms with van der Waals surface area (Å²) < 4.78 is 4.72. The predicted octanol–water partition coefficient (Wildman–Crippen LogP) is 1.16. The van der Waals surface area contributed by atoms with Gasteiger partial charge in [-0.25, -0.2) is 0 Å². The Labute approximate surface area is 92.2 Å². The highest BCUT2D eigenvalue weighted by atomic mass is 16.6. The number of nitro benzene ring substituents is 1. The fourth-order valence-electron chi connectivity index (χ4n) is 1.17. The van der Waals surface area contributed by atoms with Gasteiger partial charge < -0.3 is 10.5 Å². The number of benzene rings is 1. The summed E-state index contributed by atoms with van der Waals surface area (Å²) in [5.41, 5.74) is 6.25. The van der Waals surface area contributed by atoms with Crippen molar-refractivity contribution in [2.75, 3.05) is 6.61 Å². The minimum atomic E-state index is -0.552. The van der Waals surface area contributed by atoms with E-state index in [-0.39, 0.29) is 12.3 Å². The number of hydrogen-bond donors (Lipinski definition) is 1. The van der Waals surface area contributed by atoms with Crippen LogP contribution in [-0.4, -0.2) is 17.5 Å². The molecule has 0 fully saturated rings. The Morgan fingerprint density at radius 1 is 1.62 bits per heavy atom. The van der Waals surface area contributed by atoms with Crippen LogP contribution in [0.25, 0.3) is 0 Å². The second-order valence-electron chi connectivity index (χ2n) is 3.26. The van der Waals surface area contributed by atoms with Crippen LogP contribution in [0.15, 0.2) is 24.3 Å². The molecule has 6 nitrogen and oxygen atoms in total. The number of non-ortho nitro benzene ring substituents is 1. The first-order valence-corrected chi connectivity index (χ1v) is 4.64. The molecule has 0 aliphatic heterocycles. The fraction of sp³-hybridized carbons (Fsp3) is 0.300. The van der Waals surface area contributed by atoms with Crippen LogP contribution in [0.2, 0.25) is 0 Å². The molecule has 0 heterocycles. The molecule has 0 saturated carbocycles. The molecule has 0 aliphatic rings. The van der Waals surface area contributed by atoms with Gasteiger partial charge in [0.25, 0.3) is 5.69 Å². The van der Waals surface area contributed by atoms with Crippen molar-refractivity contribution in [2.45, 2.75) is 13.0 Å². The van der Waals surface area contributed by atoms with Crippen LogP contribution in [0.5, 0.6) is 0 Å². The SMILES string of the molecule is CC(=O)OCC(N)c1cccc([N+](=O)[O-])c1. The van der Waals surface area contributed by atoms with Gasteiger partial charge in [-0.05, 0) is 5.56 Å². The lowest BCUT2D eigenvalue weighted by Crippen LogP contribution is -2.18. The Bertz CT molecular complexity index is 406. The second kappa shape index (κ2) is 5.22. The molecule has 1 aromatic rings. The summed E-state index contributed by atoms with van der Waals surface area (Å²) in [4.78, 5) is 20.6. The van der Waals surface area contributed by atoms with Crippen molar-refractivity contribution in [1.29, 1.82) is 0 Å². The number of nitrogens with zero attached hydrogens (tertiary/aromatic N) is 1. The summed E-state index contributed by atoms with van der Waals surface area (Å²) in [6.45, 7) is 1.29. The van der Waals surface area contributed by atoms with Gasteiger partial charge in [0.05, 0.1) is 11.0 Å². The molecule has 0 amide bonds. The Hall–Kier alpha value is -1.95. The first-order valence-electron chi connectivity index (χ1n) is 4.64. The van der Waals surface area contributed by atoms with Crippen LogP contribution in [0.1, 0.15) is 18.5 Å². The highest BCUT2D eigenvalue weighted by molar-refractivity contribution is 5.65. The van der Waals surface area contributed by atoms with Gasteiger partial charge in [-0.2, -0.15) is 0 Å². The number of ether oxygens (including phenoxy) is 1. The van der Waals surface area contributed by atoms with Gasteiger partial charge in [0.15, 0.2) is 0 Å². The van der Waals surface area contributed by atoms with E-state index in [9.17, 15) is 14.9 Å². The van der Waals surface area contributed by atoms with Gasteiger partial charge in [0.2, 0.25) is 0 Å². The second-order valence-corrected chi connectivity index (χ2v) is 3.26. The molecule has 86 valence electrons. The highest BCUT2D eigenvalue weighted by Gasteiger charge is 2.12. The molecule has 0 spiro atoms. The van der Waals surface area contributed by atoms with Gasteiger partial charge in [-0.1, -0.05) is 12.1 Å². The zero-order valence-electron chi connectivity index (χ0n) is 8.75. The highest BCUT2D eigenvalue weighted by Crippen LogP contribution is 2.17. The van der Waals surface area contributed by atoms with E-state index >= 15 is 0 Å². The number of esters is 1. The van der Waals surface area contributed by atoms with Crippen molar-refractivity contribution in [2.24, 2.45) is 5.73 Å². The van der Waals surface area contributed by atoms with Gasteiger partial charge in [0.1, 0.15) is 6.61 Å². The smallest absolute Gasteiger partial charge is 0.302 e. The van der Waals surface area contributed by atoms with Crippen LogP contribution in [0.3, 0.4) is 0 Å². The molecule has 16 heavy (non-hydrogen) atoms. The number of nitrogens with two attached hydrogens (primary N) is 1. The maximum absolute atomic E-state index is 10.6. The third-order valence-corrected chi connectivity index (χ3v) is 1.98. The Morgan fingerprint density at radius 3 is 2.88 bits per heavy atom. The topological polar surface area (TPSA) is 95.5 Å². The van der Waals surface area contributed by atoms with Crippen molar-refractivity contribution in [3.63, 3.8) is 0 Å². The minimum Gasteiger partial charge on any atom is -0.464 e. The van der Waals surface area contributed by atoms with E-state index in [0.29, 0.717) is 5.56 Å². The van der Waals surface area contributed by atoms with Crippen LogP contribution in [-0.2, 0) is 9.53 Å². The molecule has 0 aromatic heterocycles. The molecular formula is C10H12N2O4. The Morgan fingerprint density at radius 2 is 2.31 bits per heavy atom. The maximum atomic E-state index is 10.6. The summed E-state index contributed by atoms with van der Waals surface area (Å²) in [5, 5.41) is 10.5. The molecule has 1 rings (SSSR count). The lowest BCUT2D eigenvalue weighted by atomic mass is 10.1. The lowest BCUT2D eigenvalue weighted by molar-refractivity contribution is -0.384. The van der Waals surface area contributed by atoms with E-state index in [1.54, 1.807) is 12.1 Å². The van der Waals surface area contributed by atoms with E-state index < -0.39 is 16.9 Å². The van der Waals surface area contributed by atoms with E-state index in [4.69, 9.17) is 10.5 Å². The summed E-state index contributed by atoms with van der Waals surface area (Å²) in [6.07, 6.45) is 0. The third-order valence-electron chi connectivity index (χ3n) is 1.98. The maximum Gasteiger partial charge on any atom is 0.302 e. The van der Waals surface area contributed by atoms with Gasteiger partial charge in [0, 0.05) is 19.1 Å². The average molecular weight is 224 g/mol. The average Bonchev–Trinajstić information content (AvgIpc) is 2.26. The van der Waals surface area contributed by atoms with Crippen LogP contribution >= 0.6 is 0 Å². The van der Waals surface area contributed by atoms with E-state index in [0.717, 1.165) is 0 Å². The number of carbonyl (C=O) groups is 1. The molecule has 2 N–H and O–H groups in total. The Balaban J connectivity index is 2.75. The predicted molar refractivity (Wildman–Crippen MR) is 56.7 cm³/mol. The van der Waals surface area contributed by atoms with Gasteiger partial charge in [-0.15, -0.1) is 0 Å². The number of rotatable bonds is 4. The van der Waals surface area contributed by atoms with Crippen molar-refractivity contribution < 1.29 is 14.5 Å². The number of hydrogen-bond acceptors (Lipinski definition) is 5. The lowest BCUT2D eigenvalue weighted by Gasteiger charge is -2.11.